The van der Waals surface area contributed by atoms with Crippen molar-refractivity contribution in [3.8, 4) is 0 Å². The Labute approximate surface area is 127 Å². The van der Waals surface area contributed by atoms with Crippen LogP contribution in [0, 0.1) is 39.3 Å². The molecule has 0 aliphatic rings. The highest BCUT2D eigenvalue weighted by Crippen LogP contribution is 2.38. The van der Waals surface area contributed by atoms with E-state index in [-0.39, 0.29) is 5.56 Å². The van der Waals surface area contributed by atoms with Gasteiger partial charge in [-0.05, 0) is 56.0 Å². The van der Waals surface area contributed by atoms with Crippen molar-refractivity contribution in [1.29, 1.82) is 0 Å². The molecule has 0 saturated heterocycles. The van der Waals surface area contributed by atoms with E-state index in [1.807, 2.05) is 32.9 Å². The van der Waals surface area contributed by atoms with Gasteiger partial charge in [0.25, 0.3) is 0 Å². The minimum absolute atomic E-state index is 0.0834. The summed E-state index contributed by atoms with van der Waals surface area (Å²) >= 11 is 3.48. The molecule has 2 rings (SSSR count). The predicted molar refractivity (Wildman–Crippen MR) is 82.5 cm³/mol. The third-order valence-electron chi connectivity index (χ3n) is 3.56. The first kappa shape index (κ1) is 15.2. The molecule has 0 N–H and O–H groups in total. The van der Waals surface area contributed by atoms with Gasteiger partial charge in [-0.3, -0.25) is 0 Å². The van der Waals surface area contributed by atoms with Crippen molar-refractivity contribution in [2.24, 2.45) is 0 Å². The van der Waals surface area contributed by atoms with Crippen LogP contribution in [-0.2, 0) is 0 Å². The van der Waals surface area contributed by atoms with Crippen molar-refractivity contribution in [3.05, 3.63) is 69.3 Å². The Balaban J connectivity index is 2.64. The molecule has 106 valence electrons. The van der Waals surface area contributed by atoms with E-state index in [0.717, 1.165) is 22.3 Å². The van der Waals surface area contributed by atoms with Gasteiger partial charge in [-0.15, -0.1) is 0 Å². The lowest BCUT2D eigenvalue weighted by Gasteiger charge is -2.19. The van der Waals surface area contributed by atoms with Crippen LogP contribution in [-0.4, -0.2) is 0 Å². The first-order valence-corrected chi connectivity index (χ1v) is 7.40. The molecule has 20 heavy (non-hydrogen) atoms. The third-order valence-corrected chi connectivity index (χ3v) is 4.48. The maximum atomic E-state index is 14.3. The number of alkyl halides is 1. The Bertz CT molecular complexity index is 639. The SMILES string of the molecule is Cc1cc(C)c(C(Br)c2c(F)ccc(C)c2F)c(C)c1. The van der Waals surface area contributed by atoms with Crippen molar-refractivity contribution >= 4 is 15.9 Å². The number of benzene rings is 2. The number of rotatable bonds is 2. The van der Waals surface area contributed by atoms with Crippen LogP contribution in [0.3, 0.4) is 0 Å². The molecule has 1 atom stereocenters. The summed E-state index contributed by atoms with van der Waals surface area (Å²) in [4.78, 5) is -0.483. The molecule has 2 aromatic rings. The van der Waals surface area contributed by atoms with E-state index in [2.05, 4.69) is 15.9 Å². The summed E-state index contributed by atoms with van der Waals surface area (Å²) in [5.41, 5.74) is 4.68. The molecule has 0 aliphatic carbocycles. The predicted octanol–water partition coefficient (Wildman–Crippen LogP) is 5.68. The van der Waals surface area contributed by atoms with Gasteiger partial charge in [-0.2, -0.15) is 0 Å². The van der Waals surface area contributed by atoms with E-state index in [4.69, 9.17) is 0 Å². The summed E-state index contributed by atoms with van der Waals surface area (Å²) in [5, 5.41) is 0. The topological polar surface area (TPSA) is 0 Å². The quantitative estimate of drug-likeness (QED) is 0.617. The monoisotopic (exact) mass is 338 g/mol. The van der Waals surface area contributed by atoms with Gasteiger partial charge in [0.1, 0.15) is 11.6 Å². The van der Waals surface area contributed by atoms with Crippen LogP contribution in [0.4, 0.5) is 8.78 Å². The lowest BCUT2D eigenvalue weighted by molar-refractivity contribution is 0.555. The van der Waals surface area contributed by atoms with Gasteiger partial charge in [0, 0.05) is 5.56 Å². The van der Waals surface area contributed by atoms with Gasteiger partial charge in [-0.1, -0.05) is 39.7 Å². The Kier molecular flexibility index (Phi) is 4.28. The van der Waals surface area contributed by atoms with Crippen LogP contribution in [0.25, 0.3) is 0 Å². The van der Waals surface area contributed by atoms with Crippen molar-refractivity contribution in [2.45, 2.75) is 32.5 Å². The molecule has 1 unspecified atom stereocenters. The zero-order valence-corrected chi connectivity index (χ0v) is 13.6. The van der Waals surface area contributed by atoms with Gasteiger partial charge in [0.15, 0.2) is 0 Å². The lowest BCUT2D eigenvalue weighted by atomic mass is 9.93. The van der Waals surface area contributed by atoms with Crippen LogP contribution in [0.2, 0.25) is 0 Å². The minimum Gasteiger partial charge on any atom is -0.207 e. The fraction of sp³-hybridized carbons (Fsp3) is 0.294. The van der Waals surface area contributed by atoms with Gasteiger partial charge >= 0.3 is 0 Å². The zero-order valence-electron chi connectivity index (χ0n) is 12.0. The third kappa shape index (κ3) is 2.64. The summed E-state index contributed by atoms with van der Waals surface area (Å²) in [5.74, 6) is -0.999. The van der Waals surface area contributed by atoms with E-state index in [1.165, 1.54) is 12.1 Å². The van der Waals surface area contributed by atoms with E-state index in [0.29, 0.717) is 5.56 Å². The first-order valence-electron chi connectivity index (χ1n) is 6.49. The Morgan fingerprint density at radius 1 is 0.850 bits per heavy atom. The van der Waals surface area contributed by atoms with Crippen molar-refractivity contribution < 1.29 is 8.78 Å². The molecule has 2 aromatic carbocycles. The second-order valence-corrected chi connectivity index (χ2v) is 6.18. The van der Waals surface area contributed by atoms with E-state index < -0.39 is 16.5 Å². The fourth-order valence-corrected chi connectivity index (χ4v) is 3.79. The molecule has 0 saturated carbocycles. The summed E-state index contributed by atoms with van der Waals surface area (Å²) in [6, 6.07) is 6.84. The maximum absolute atomic E-state index is 14.3. The smallest absolute Gasteiger partial charge is 0.133 e. The number of aryl methyl sites for hydroxylation is 4. The molecule has 0 aliphatic heterocycles. The molecule has 0 aromatic heterocycles. The van der Waals surface area contributed by atoms with Crippen molar-refractivity contribution in [1.82, 2.24) is 0 Å². The molecule has 3 heteroatoms. The van der Waals surface area contributed by atoms with Crippen LogP contribution in [0.15, 0.2) is 24.3 Å². The minimum atomic E-state index is -0.519. The normalized spacial score (nSPS) is 12.6. The van der Waals surface area contributed by atoms with Crippen molar-refractivity contribution in [3.63, 3.8) is 0 Å². The summed E-state index contributed by atoms with van der Waals surface area (Å²) < 4.78 is 28.3. The average Bonchev–Trinajstić information content (AvgIpc) is 2.33. The van der Waals surface area contributed by atoms with Gasteiger partial charge in [0.2, 0.25) is 0 Å². The Morgan fingerprint density at radius 2 is 1.40 bits per heavy atom. The molecule has 0 fully saturated rings. The number of halogens is 3. The summed E-state index contributed by atoms with van der Waals surface area (Å²) in [6.07, 6.45) is 0. The van der Waals surface area contributed by atoms with Crippen LogP contribution in [0.1, 0.15) is 38.2 Å². The first-order chi connectivity index (χ1) is 9.32. The van der Waals surface area contributed by atoms with E-state index >= 15 is 0 Å². The van der Waals surface area contributed by atoms with E-state index in [1.54, 1.807) is 6.92 Å². The highest BCUT2D eigenvalue weighted by molar-refractivity contribution is 9.09. The molecule has 0 heterocycles. The second kappa shape index (κ2) is 5.65. The fourth-order valence-electron chi connectivity index (χ4n) is 2.65. The number of hydrogen-bond acceptors (Lipinski definition) is 0. The highest BCUT2D eigenvalue weighted by atomic mass is 79.9. The van der Waals surface area contributed by atoms with Gasteiger partial charge in [-0.25, -0.2) is 8.78 Å². The molecule has 0 nitrogen and oxygen atoms in total. The molecular formula is C17H17BrF2. The summed E-state index contributed by atoms with van der Waals surface area (Å²) in [6.45, 7) is 7.60. The summed E-state index contributed by atoms with van der Waals surface area (Å²) in [7, 11) is 0. The Morgan fingerprint density at radius 3 is 1.95 bits per heavy atom. The molecule has 0 spiro atoms. The standard InChI is InChI=1S/C17H17BrF2/c1-9-7-11(3)14(12(4)8-9)16(18)15-13(19)6-5-10(2)17(15)20/h5-8,16H,1-4H3. The van der Waals surface area contributed by atoms with Crippen molar-refractivity contribution in [2.75, 3.05) is 0 Å². The zero-order chi connectivity index (χ0) is 15.0. The van der Waals surface area contributed by atoms with Gasteiger partial charge < -0.3 is 0 Å². The maximum Gasteiger partial charge on any atom is 0.133 e. The largest absolute Gasteiger partial charge is 0.207 e. The van der Waals surface area contributed by atoms with Gasteiger partial charge in [0.05, 0.1) is 4.83 Å². The molecule has 0 amide bonds. The van der Waals surface area contributed by atoms with E-state index in [9.17, 15) is 8.78 Å². The number of hydrogen-bond donors (Lipinski definition) is 0. The highest BCUT2D eigenvalue weighted by Gasteiger charge is 2.23. The lowest BCUT2D eigenvalue weighted by Crippen LogP contribution is -2.06. The molecule has 0 bridgehead atoms. The second-order valence-electron chi connectivity index (χ2n) is 5.27. The molecule has 0 radical (unpaired) electrons. The Hall–Kier alpha value is -1.22. The average molecular weight is 339 g/mol. The van der Waals surface area contributed by atoms with Crippen LogP contribution < -0.4 is 0 Å². The van der Waals surface area contributed by atoms with Crippen LogP contribution in [0.5, 0.6) is 0 Å². The molecular weight excluding hydrogens is 322 g/mol. The van der Waals surface area contributed by atoms with Crippen LogP contribution >= 0.6 is 15.9 Å².